The molecule has 0 aliphatic heterocycles. The van der Waals surface area contributed by atoms with E-state index in [1.807, 2.05) is 19.1 Å². The third kappa shape index (κ3) is 5.85. The van der Waals surface area contributed by atoms with Gasteiger partial charge in [0.1, 0.15) is 6.04 Å². The lowest BCUT2D eigenvalue weighted by Crippen LogP contribution is -2.39. The lowest BCUT2D eigenvalue weighted by Gasteiger charge is -2.20. The normalized spacial score (nSPS) is 12.0. The maximum atomic E-state index is 12.9. The molecule has 3 amide bonds. The van der Waals surface area contributed by atoms with Crippen molar-refractivity contribution >= 4 is 23.3 Å². The first kappa shape index (κ1) is 21.9. The molecule has 0 bridgehead atoms. The van der Waals surface area contributed by atoms with E-state index in [2.05, 4.69) is 16.0 Å². The zero-order chi connectivity index (χ0) is 22.4. The fourth-order valence-electron chi connectivity index (χ4n) is 2.90. The molecule has 0 aromatic heterocycles. The van der Waals surface area contributed by atoms with Crippen LogP contribution in [-0.4, -0.2) is 11.9 Å². The van der Waals surface area contributed by atoms with Crippen LogP contribution in [0.2, 0.25) is 0 Å². The predicted molar refractivity (Wildman–Crippen MR) is 113 cm³/mol. The van der Waals surface area contributed by atoms with Crippen molar-refractivity contribution in [3.05, 3.63) is 95.6 Å². The third-order valence-corrected chi connectivity index (χ3v) is 4.54. The van der Waals surface area contributed by atoms with Crippen molar-refractivity contribution < 1.29 is 22.8 Å². The van der Waals surface area contributed by atoms with Crippen LogP contribution in [0.1, 0.15) is 22.7 Å². The first-order valence-electron chi connectivity index (χ1n) is 9.40. The van der Waals surface area contributed by atoms with E-state index in [-0.39, 0.29) is 5.69 Å². The van der Waals surface area contributed by atoms with Gasteiger partial charge < -0.3 is 16.0 Å². The lowest BCUT2D eigenvalue weighted by atomic mass is 10.1. The Balaban J connectivity index is 1.75. The highest BCUT2D eigenvalue weighted by Gasteiger charge is 2.30. The maximum Gasteiger partial charge on any atom is 0.416 e. The lowest BCUT2D eigenvalue weighted by molar-refractivity contribution is -0.137. The molecule has 0 radical (unpaired) electrons. The summed E-state index contributed by atoms with van der Waals surface area (Å²) in [6.45, 7) is 1.85. The molecular weight excluding hydrogens is 407 g/mol. The molecule has 0 saturated heterocycles. The molecule has 8 heteroatoms. The molecule has 160 valence electrons. The molecule has 3 aromatic carbocycles. The Labute approximate surface area is 177 Å². The second-order valence-corrected chi connectivity index (χ2v) is 6.82. The Bertz CT molecular complexity index is 1050. The summed E-state index contributed by atoms with van der Waals surface area (Å²) in [7, 11) is 0. The van der Waals surface area contributed by atoms with Crippen molar-refractivity contribution in [1.29, 1.82) is 0 Å². The van der Waals surface area contributed by atoms with Crippen molar-refractivity contribution in [3.63, 3.8) is 0 Å². The number of carbonyl (C=O) groups is 2. The molecule has 1 atom stereocenters. The molecule has 5 nitrogen and oxygen atoms in total. The highest BCUT2D eigenvalue weighted by molar-refractivity contribution is 6.00. The number of hydrogen-bond acceptors (Lipinski definition) is 2. The van der Waals surface area contributed by atoms with E-state index in [4.69, 9.17) is 0 Å². The Hall–Kier alpha value is -3.81. The average Bonchev–Trinajstić information content (AvgIpc) is 2.74. The SMILES string of the molecule is Cc1ccccc1NC(=O)[C@H](NC(=O)Nc1ccc(C(F)(F)F)cc1)c1ccccc1. The number of urea groups is 1. The summed E-state index contributed by atoms with van der Waals surface area (Å²) in [6.07, 6.45) is -4.47. The van der Waals surface area contributed by atoms with Crippen LogP contribution >= 0.6 is 0 Å². The Morgan fingerprint density at radius 2 is 1.42 bits per heavy atom. The number of alkyl halides is 3. The van der Waals surface area contributed by atoms with E-state index in [9.17, 15) is 22.8 Å². The van der Waals surface area contributed by atoms with Crippen molar-refractivity contribution in [3.8, 4) is 0 Å². The molecule has 3 N–H and O–H groups in total. The zero-order valence-electron chi connectivity index (χ0n) is 16.5. The van der Waals surface area contributed by atoms with Gasteiger partial charge in [0.15, 0.2) is 0 Å². The largest absolute Gasteiger partial charge is 0.416 e. The van der Waals surface area contributed by atoms with Gasteiger partial charge in [-0.05, 0) is 48.4 Å². The third-order valence-electron chi connectivity index (χ3n) is 4.54. The predicted octanol–water partition coefficient (Wildman–Crippen LogP) is 5.52. The number of anilines is 2. The van der Waals surface area contributed by atoms with E-state index in [1.165, 1.54) is 0 Å². The summed E-state index contributed by atoms with van der Waals surface area (Å²) in [6, 6.07) is 18.1. The number of rotatable bonds is 5. The highest BCUT2D eigenvalue weighted by Crippen LogP contribution is 2.29. The minimum absolute atomic E-state index is 0.164. The molecule has 0 aliphatic carbocycles. The van der Waals surface area contributed by atoms with Crippen molar-refractivity contribution in [1.82, 2.24) is 5.32 Å². The van der Waals surface area contributed by atoms with Crippen molar-refractivity contribution in [2.24, 2.45) is 0 Å². The molecule has 0 saturated carbocycles. The minimum Gasteiger partial charge on any atom is -0.324 e. The van der Waals surface area contributed by atoms with Crippen molar-refractivity contribution in [2.75, 3.05) is 10.6 Å². The standard InChI is InChI=1S/C23H20F3N3O2/c1-15-7-5-6-10-19(15)28-21(30)20(16-8-3-2-4-9-16)29-22(31)27-18-13-11-17(12-14-18)23(24,25)26/h2-14,20H,1H3,(H,28,30)(H2,27,29,31)/t20-/m1/s1. The van der Waals surface area contributed by atoms with Crippen LogP contribution < -0.4 is 16.0 Å². The van der Waals surface area contributed by atoms with E-state index in [0.717, 1.165) is 29.8 Å². The summed E-state index contributed by atoms with van der Waals surface area (Å²) < 4.78 is 38.1. The summed E-state index contributed by atoms with van der Waals surface area (Å²) in [5.41, 5.74) is 1.36. The topological polar surface area (TPSA) is 70.2 Å². The van der Waals surface area contributed by atoms with Crippen molar-refractivity contribution in [2.45, 2.75) is 19.1 Å². The number of amides is 3. The number of para-hydroxylation sites is 1. The molecule has 3 rings (SSSR count). The van der Waals surface area contributed by atoms with Gasteiger partial charge in [-0.3, -0.25) is 4.79 Å². The van der Waals surface area contributed by atoms with Crippen LogP contribution in [0.5, 0.6) is 0 Å². The van der Waals surface area contributed by atoms with Crippen LogP contribution in [0.15, 0.2) is 78.9 Å². The summed E-state index contributed by atoms with van der Waals surface area (Å²) >= 11 is 0. The van der Waals surface area contributed by atoms with Gasteiger partial charge in [-0.2, -0.15) is 13.2 Å². The Morgan fingerprint density at radius 3 is 2.03 bits per heavy atom. The molecule has 0 spiro atoms. The van der Waals surface area contributed by atoms with Gasteiger partial charge in [-0.1, -0.05) is 48.5 Å². The van der Waals surface area contributed by atoms with Crippen LogP contribution in [0, 0.1) is 6.92 Å². The fraction of sp³-hybridized carbons (Fsp3) is 0.130. The minimum atomic E-state index is -4.47. The second kappa shape index (κ2) is 9.34. The van der Waals surface area contributed by atoms with E-state index < -0.39 is 29.7 Å². The van der Waals surface area contributed by atoms with Crippen LogP contribution in [-0.2, 0) is 11.0 Å². The number of carbonyl (C=O) groups excluding carboxylic acids is 2. The average molecular weight is 427 g/mol. The molecule has 0 fully saturated rings. The molecule has 0 heterocycles. The molecule has 0 aliphatic rings. The quantitative estimate of drug-likeness (QED) is 0.502. The second-order valence-electron chi connectivity index (χ2n) is 6.82. The van der Waals surface area contributed by atoms with E-state index >= 15 is 0 Å². The van der Waals surface area contributed by atoms with Gasteiger partial charge in [0.2, 0.25) is 0 Å². The van der Waals surface area contributed by atoms with Crippen LogP contribution in [0.25, 0.3) is 0 Å². The summed E-state index contributed by atoms with van der Waals surface area (Å²) in [5.74, 6) is -0.455. The highest BCUT2D eigenvalue weighted by atomic mass is 19.4. The van der Waals surface area contributed by atoms with Gasteiger partial charge in [0, 0.05) is 11.4 Å². The molecular formula is C23H20F3N3O2. The number of hydrogen-bond donors (Lipinski definition) is 3. The number of nitrogens with one attached hydrogen (secondary N) is 3. The van der Waals surface area contributed by atoms with Gasteiger partial charge in [0.25, 0.3) is 5.91 Å². The summed E-state index contributed by atoms with van der Waals surface area (Å²) in [5, 5.41) is 7.83. The van der Waals surface area contributed by atoms with Crippen LogP contribution in [0.3, 0.4) is 0 Å². The number of aryl methyl sites for hydroxylation is 1. The van der Waals surface area contributed by atoms with E-state index in [1.54, 1.807) is 42.5 Å². The van der Waals surface area contributed by atoms with Gasteiger partial charge in [0.05, 0.1) is 5.56 Å². The Kier molecular flexibility index (Phi) is 6.59. The first-order valence-corrected chi connectivity index (χ1v) is 9.40. The first-order chi connectivity index (χ1) is 14.7. The summed E-state index contributed by atoms with van der Waals surface area (Å²) in [4.78, 5) is 25.4. The zero-order valence-corrected chi connectivity index (χ0v) is 16.5. The van der Waals surface area contributed by atoms with E-state index in [0.29, 0.717) is 11.3 Å². The van der Waals surface area contributed by atoms with Crippen LogP contribution in [0.4, 0.5) is 29.3 Å². The maximum absolute atomic E-state index is 12.9. The number of halogens is 3. The smallest absolute Gasteiger partial charge is 0.324 e. The Morgan fingerprint density at radius 1 is 0.806 bits per heavy atom. The van der Waals surface area contributed by atoms with Gasteiger partial charge in [-0.15, -0.1) is 0 Å². The molecule has 31 heavy (non-hydrogen) atoms. The molecule has 0 unspecified atom stereocenters. The fourth-order valence-corrected chi connectivity index (χ4v) is 2.90. The molecule has 3 aromatic rings. The monoisotopic (exact) mass is 427 g/mol. The van der Waals surface area contributed by atoms with Gasteiger partial charge >= 0.3 is 12.2 Å². The number of benzene rings is 3. The van der Waals surface area contributed by atoms with Gasteiger partial charge in [-0.25, -0.2) is 4.79 Å².